The highest BCUT2D eigenvalue weighted by Gasteiger charge is 2.25. The molecule has 8 heteroatoms. The van der Waals surface area contributed by atoms with Crippen LogP contribution in [-0.2, 0) is 17.9 Å². The van der Waals surface area contributed by atoms with E-state index < -0.39 is 0 Å². The Kier molecular flexibility index (Phi) is 6.16. The van der Waals surface area contributed by atoms with Crippen molar-refractivity contribution in [3.63, 3.8) is 0 Å². The number of hydrogen-bond donors (Lipinski definition) is 0. The summed E-state index contributed by atoms with van der Waals surface area (Å²) in [6.07, 6.45) is 3.29. The molecule has 2 heterocycles. The van der Waals surface area contributed by atoms with Crippen LogP contribution >= 0.6 is 23.2 Å². The number of carbonyl (C=O) groups excluding carboxylic acids is 1. The van der Waals surface area contributed by atoms with Crippen molar-refractivity contribution in [2.75, 3.05) is 26.2 Å². The molecule has 1 aliphatic heterocycles. The second-order valence-electron chi connectivity index (χ2n) is 6.62. The van der Waals surface area contributed by atoms with E-state index in [1.807, 2.05) is 11.8 Å². The number of amides is 1. The molecule has 1 aliphatic rings. The largest absolute Gasteiger partial charge is 0.340 e. The Bertz CT molecular complexity index is 774. The fourth-order valence-corrected chi connectivity index (χ4v) is 3.51. The van der Waals surface area contributed by atoms with Gasteiger partial charge in [-0.15, -0.1) is 0 Å². The van der Waals surface area contributed by atoms with Gasteiger partial charge in [0.05, 0.1) is 23.7 Å². The van der Waals surface area contributed by atoms with E-state index in [1.54, 1.807) is 23.1 Å². The van der Waals surface area contributed by atoms with Gasteiger partial charge in [-0.2, -0.15) is 5.10 Å². The number of piperazine rings is 1. The van der Waals surface area contributed by atoms with E-state index in [9.17, 15) is 9.18 Å². The number of aromatic nitrogens is 2. The number of carbonyl (C=O) groups is 1. The van der Waals surface area contributed by atoms with Crippen molar-refractivity contribution < 1.29 is 9.18 Å². The van der Waals surface area contributed by atoms with Gasteiger partial charge in [0.15, 0.2) is 0 Å². The Balaban J connectivity index is 1.50. The van der Waals surface area contributed by atoms with Gasteiger partial charge in [-0.05, 0) is 17.7 Å². The molecule has 3 rings (SSSR count). The van der Waals surface area contributed by atoms with Crippen LogP contribution in [0.3, 0.4) is 0 Å². The topological polar surface area (TPSA) is 41.4 Å². The third-order valence-electron chi connectivity index (χ3n) is 4.58. The first-order valence-electron chi connectivity index (χ1n) is 8.55. The van der Waals surface area contributed by atoms with Crippen LogP contribution in [0.15, 0.2) is 30.6 Å². The molecule has 0 aliphatic carbocycles. The molecule has 140 valence electrons. The van der Waals surface area contributed by atoms with Crippen LogP contribution in [0.2, 0.25) is 10.0 Å². The summed E-state index contributed by atoms with van der Waals surface area (Å²) in [5.41, 5.74) is 0.900. The first-order chi connectivity index (χ1) is 12.4. The van der Waals surface area contributed by atoms with Crippen molar-refractivity contribution >= 4 is 29.1 Å². The number of hydrogen-bond acceptors (Lipinski definition) is 3. The van der Waals surface area contributed by atoms with Gasteiger partial charge in [0.25, 0.3) is 0 Å². The smallest absolute Gasteiger partial charge is 0.227 e. The van der Waals surface area contributed by atoms with Gasteiger partial charge in [0.1, 0.15) is 5.82 Å². The van der Waals surface area contributed by atoms with E-state index in [-0.39, 0.29) is 17.6 Å². The minimum absolute atomic E-state index is 0.121. The highest BCUT2D eigenvalue weighted by atomic mass is 35.5. The molecular weight excluding hydrogens is 378 g/mol. The summed E-state index contributed by atoms with van der Waals surface area (Å²) >= 11 is 12.0. The normalized spacial score (nSPS) is 16.7. The summed E-state index contributed by atoms with van der Waals surface area (Å²) in [7, 11) is 0. The molecule has 1 amide bonds. The first-order valence-corrected chi connectivity index (χ1v) is 9.31. The molecular formula is C18H21Cl2FN4O. The fraction of sp³-hybridized carbons (Fsp3) is 0.444. The molecule has 0 saturated carbocycles. The average Bonchev–Trinajstić information content (AvgIpc) is 3.02. The molecule has 0 radical (unpaired) electrons. The molecule has 1 aromatic carbocycles. The summed E-state index contributed by atoms with van der Waals surface area (Å²) in [6.45, 7) is 5.94. The van der Waals surface area contributed by atoms with E-state index in [0.29, 0.717) is 36.2 Å². The molecule has 1 saturated heterocycles. The van der Waals surface area contributed by atoms with Crippen molar-refractivity contribution in [1.29, 1.82) is 0 Å². The quantitative estimate of drug-likeness (QED) is 0.775. The molecule has 1 aromatic heterocycles. The second kappa shape index (κ2) is 8.37. The zero-order valence-electron chi connectivity index (χ0n) is 14.5. The predicted molar refractivity (Wildman–Crippen MR) is 99.7 cm³/mol. The lowest BCUT2D eigenvalue weighted by Crippen LogP contribution is -2.50. The molecule has 5 nitrogen and oxygen atoms in total. The van der Waals surface area contributed by atoms with E-state index in [0.717, 1.165) is 18.7 Å². The van der Waals surface area contributed by atoms with Crippen molar-refractivity contribution in [2.24, 2.45) is 5.92 Å². The summed E-state index contributed by atoms with van der Waals surface area (Å²) in [5, 5.41) is 5.13. The van der Waals surface area contributed by atoms with Gasteiger partial charge in [0.2, 0.25) is 5.91 Å². The zero-order valence-corrected chi connectivity index (χ0v) is 16.0. The van der Waals surface area contributed by atoms with Crippen LogP contribution in [-0.4, -0.2) is 51.7 Å². The molecule has 0 bridgehead atoms. The molecule has 26 heavy (non-hydrogen) atoms. The van der Waals surface area contributed by atoms with Gasteiger partial charge < -0.3 is 4.90 Å². The summed E-state index contributed by atoms with van der Waals surface area (Å²) in [6, 6.07) is 4.47. The van der Waals surface area contributed by atoms with Crippen molar-refractivity contribution in [3.05, 3.63) is 52.0 Å². The minimum Gasteiger partial charge on any atom is -0.340 e. The summed E-state index contributed by atoms with van der Waals surface area (Å²) < 4.78 is 14.8. The Morgan fingerprint density at radius 2 is 2.00 bits per heavy atom. The van der Waals surface area contributed by atoms with Crippen LogP contribution in [0.25, 0.3) is 0 Å². The lowest BCUT2D eigenvalue weighted by Gasteiger charge is -2.36. The van der Waals surface area contributed by atoms with Gasteiger partial charge in [-0.3, -0.25) is 14.4 Å². The minimum atomic E-state index is -0.332. The van der Waals surface area contributed by atoms with Gasteiger partial charge in [-0.1, -0.05) is 36.2 Å². The summed E-state index contributed by atoms with van der Waals surface area (Å²) in [5.74, 6) is -0.373. The van der Waals surface area contributed by atoms with Crippen LogP contribution in [0.1, 0.15) is 12.5 Å². The maximum atomic E-state index is 13.1. The molecule has 1 fully saturated rings. The third kappa shape index (κ3) is 4.75. The zero-order chi connectivity index (χ0) is 18.7. The molecule has 0 N–H and O–H groups in total. The van der Waals surface area contributed by atoms with E-state index in [1.165, 1.54) is 12.1 Å². The highest BCUT2D eigenvalue weighted by molar-refractivity contribution is 6.31. The van der Waals surface area contributed by atoms with Gasteiger partial charge in [-0.25, -0.2) is 4.39 Å². The van der Waals surface area contributed by atoms with Crippen molar-refractivity contribution in [3.8, 4) is 0 Å². The lowest BCUT2D eigenvalue weighted by atomic mass is 10.1. The first kappa shape index (κ1) is 19.1. The predicted octanol–water partition coefficient (Wildman–Crippen LogP) is 3.31. The molecule has 0 spiro atoms. The average molecular weight is 399 g/mol. The monoisotopic (exact) mass is 398 g/mol. The maximum Gasteiger partial charge on any atom is 0.227 e. The molecule has 1 unspecified atom stereocenters. The number of rotatable bonds is 5. The second-order valence-corrected chi connectivity index (χ2v) is 7.46. The van der Waals surface area contributed by atoms with Crippen molar-refractivity contribution in [1.82, 2.24) is 19.6 Å². The fourth-order valence-electron chi connectivity index (χ4n) is 3.13. The van der Waals surface area contributed by atoms with Crippen LogP contribution in [0, 0.1) is 11.7 Å². The number of benzene rings is 1. The Morgan fingerprint density at radius 3 is 2.62 bits per heavy atom. The van der Waals surface area contributed by atoms with Gasteiger partial charge >= 0.3 is 0 Å². The SMILES string of the molecule is CC(Cn1cc(Cl)cn1)C(=O)N1CCN(Cc2ccc(F)cc2Cl)CC1. The molecule has 1 atom stereocenters. The van der Waals surface area contributed by atoms with E-state index in [4.69, 9.17) is 23.2 Å². The molecule has 2 aromatic rings. The van der Waals surface area contributed by atoms with Crippen LogP contribution in [0.5, 0.6) is 0 Å². The van der Waals surface area contributed by atoms with Crippen LogP contribution in [0.4, 0.5) is 4.39 Å². The van der Waals surface area contributed by atoms with Crippen molar-refractivity contribution in [2.45, 2.75) is 20.0 Å². The Labute approximate surface area is 162 Å². The standard InChI is InChI=1S/C18H21Cl2FN4O/c1-13(10-25-12-15(19)9-22-25)18(26)24-6-4-23(5-7-24)11-14-2-3-16(21)8-17(14)20/h2-3,8-9,12-13H,4-7,10-11H2,1H3. The highest BCUT2D eigenvalue weighted by Crippen LogP contribution is 2.20. The van der Waals surface area contributed by atoms with Gasteiger partial charge in [0, 0.05) is 43.9 Å². The van der Waals surface area contributed by atoms with E-state index in [2.05, 4.69) is 10.00 Å². The number of halogens is 3. The third-order valence-corrected chi connectivity index (χ3v) is 5.12. The van der Waals surface area contributed by atoms with Crippen LogP contribution < -0.4 is 0 Å². The Hall–Kier alpha value is -1.63. The van der Waals surface area contributed by atoms with E-state index >= 15 is 0 Å². The Morgan fingerprint density at radius 1 is 1.27 bits per heavy atom. The lowest BCUT2D eigenvalue weighted by molar-refractivity contribution is -0.137. The maximum absolute atomic E-state index is 13.1. The number of nitrogens with zero attached hydrogens (tertiary/aromatic N) is 4. The summed E-state index contributed by atoms with van der Waals surface area (Å²) in [4.78, 5) is 16.7.